The molecule has 0 aromatic carbocycles. The molecule has 0 amide bonds. The molecule has 0 bridgehead atoms. The number of aliphatic carboxylic acids is 1. The van der Waals surface area contributed by atoms with Gasteiger partial charge in [-0.05, 0) is 39.0 Å². The number of ether oxygens (including phenoxy) is 1. The third-order valence-electron chi connectivity index (χ3n) is 4.37. The van der Waals surface area contributed by atoms with Crippen LogP contribution in [0.4, 0.5) is 0 Å². The molecule has 1 saturated carbocycles. The van der Waals surface area contributed by atoms with E-state index in [4.69, 9.17) is 10.5 Å². The lowest BCUT2D eigenvalue weighted by Crippen LogP contribution is -2.57. The van der Waals surface area contributed by atoms with Crippen molar-refractivity contribution < 1.29 is 14.6 Å². The minimum atomic E-state index is -1.05. The number of methoxy groups -OCH3 is 1. The molecule has 0 aromatic heterocycles. The average Bonchev–Trinajstić information content (AvgIpc) is 2.39. The van der Waals surface area contributed by atoms with Crippen molar-refractivity contribution >= 4 is 5.97 Å². The third kappa shape index (κ3) is 4.16. The number of rotatable bonds is 7. The van der Waals surface area contributed by atoms with E-state index in [1.165, 1.54) is 0 Å². The van der Waals surface area contributed by atoms with E-state index in [0.29, 0.717) is 25.5 Å². The van der Waals surface area contributed by atoms with Crippen molar-refractivity contribution in [3.8, 4) is 0 Å². The van der Waals surface area contributed by atoms with Crippen LogP contribution in [0.1, 0.15) is 46.0 Å². The van der Waals surface area contributed by atoms with Gasteiger partial charge in [0.25, 0.3) is 0 Å². The van der Waals surface area contributed by atoms with Crippen LogP contribution in [0.3, 0.4) is 0 Å². The normalized spacial score (nSPS) is 29.4. The van der Waals surface area contributed by atoms with E-state index in [2.05, 4.69) is 18.7 Å². The smallest absolute Gasteiger partial charge is 0.323 e. The van der Waals surface area contributed by atoms with E-state index in [-0.39, 0.29) is 6.04 Å². The first kappa shape index (κ1) is 16.4. The predicted octanol–water partition coefficient (Wildman–Crippen LogP) is 1.46. The minimum absolute atomic E-state index is 0.250. The zero-order chi connectivity index (χ0) is 14.5. The second-order valence-electron chi connectivity index (χ2n) is 5.70. The van der Waals surface area contributed by atoms with E-state index in [1.807, 2.05) is 0 Å². The van der Waals surface area contributed by atoms with Gasteiger partial charge in [-0.1, -0.05) is 6.92 Å². The number of nitrogens with two attached hydrogens (primary N) is 1. The highest BCUT2D eigenvalue weighted by Gasteiger charge is 2.41. The van der Waals surface area contributed by atoms with Gasteiger partial charge in [0.05, 0.1) is 6.61 Å². The van der Waals surface area contributed by atoms with Gasteiger partial charge in [0.15, 0.2) is 0 Å². The lowest BCUT2D eigenvalue weighted by molar-refractivity contribution is -0.145. The fourth-order valence-corrected chi connectivity index (χ4v) is 2.95. The summed E-state index contributed by atoms with van der Waals surface area (Å²) in [6.07, 6.45) is 4.08. The molecule has 0 aliphatic heterocycles. The summed E-state index contributed by atoms with van der Waals surface area (Å²) < 4.78 is 5.17. The number of carbonyl (C=O) groups is 1. The second-order valence-corrected chi connectivity index (χ2v) is 5.70. The van der Waals surface area contributed by atoms with E-state index in [1.54, 1.807) is 7.11 Å². The maximum absolute atomic E-state index is 11.3. The van der Waals surface area contributed by atoms with Gasteiger partial charge in [-0.25, -0.2) is 0 Å². The number of hydrogen-bond donors (Lipinski definition) is 2. The van der Waals surface area contributed by atoms with Crippen LogP contribution < -0.4 is 5.73 Å². The summed E-state index contributed by atoms with van der Waals surface area (Å²) in [5, 5.41) is 9.30. The summed E-state index contributed by atoms with van der Waals surface area (Å²) in [6.45, 7) is 5.85. The highest BCUT2D eigenvalue weighted by atomic mass is 16.5. The molecule has 3 atom stereocenters. The van der Waals surface area contributed by atoms with Crippen molar-refractivity contribution in [1.29, 1.82) is 0 Å². The molecular weight excluding hydrogens is 244 g/mol. The van der Waals surface area contributed by atoms with Gasteiger partial charge in [-0.2, -0.15) is 0 Å². The summed E-state index contributed by atoms with van der Waals surface area (Å²) in [6, 6.07) is 0.677. The zero-order valence-electron chi connectivity index (χ0n) is 12.4. The molecule has 3 N–H and O–H groups in total. The molecule has 1 fully saturated rings. The van der Waals surface area contributed by atoms with Gasteiger partial charge in [-0.3, -0.25) is 9.69 Å². The van der Waals surface area contributed by atoms with Crippen molar-refractivity contribution in [3.63, 3.8) is 0 Å². The first-order valence-electron chi connectivity index (χ1n) is 7.21. The number of carboxylic acids is 1. The molecule has 112 valence electrons. The average molecular weight is 272 g/mol. The lowest BCUT2D eigenvalue weighted by Gasteiger charge is -2.43. The van der Waals surface area contributed by atoms with Gasteiger partial charge < -0.3 is 15.6 Å². The highest BCUT2D eigenvalue weighted by molar-refractivity contribution is 5.78. The Balaban J connectivity index is 2.75. The first-order valence-corrected chi connectivity index (χ1v) is 7.21. The fourth-order valence-electron chi connectivity index (χ4n) is 2.95. The zero-order valence-corrected chi connectivity index (χ0v) is 12.4. The SMILES string of the molecule is CCC(C)N(CCOC)C1CCCC(N)(C(=O)O)C1. The summed E-state index contributed by atoms with van der Waals surface area (Å²) in [5.41, 5.74) is 4.99. The summed E-state index contributed by atoms with van der Waals surface area (Å²) in [7, 11) is 1.69. The molecule has 0 heterocycles. The topological polar surface area (TPSA) is 75.8 Å². The first-order chi connectivity index (χ1) is 8.94. The number of hydrogen-bond acceptors (Lipinski definition) is 4. The molecule has 1 aliphatic rings. The Morgan fingerprint density at radius 1 is 1.63 bits per heavy atom. The van der Waals surface area contributed by atoms with Gasteiger partial charge in [0.1, 0.15) is 5.54 Å². The Morgan fingerprint density at radius 2 is 2.32 bits per heavy atom. The molecule has 5 heteroatoms. The summed E-state index contributed by atoms with van der Waals surface area (Å²) >= 11 is 0. The Bertz CT molecular complexity index is 298. The molecule has 0 spiro atoms. The van der Waals surface area contributed by atoms with Gasteiger partial charge in [0, 0.05) is 25.7 Å². The Labute approximate surface area is 116 Å². The van der Waals surface area contributed by atoms with Crippen LogP contribution in [0, 0.1) is 0 Å². The van der Waals surface area contributed by atoms with Crippen molar-refractivity contribution in [2.75, 3.05) is 20.3 Å². The molecule has 0 saturated heterocycles. The molecule has 1 aliphatic carbocycles. The van der Waals surface area contributed by atoms with E-state index >= 15 is 0 Å². The third-order valence-corrected chi connectivity index (χ3v) is 4.37. The highest BCUT2D eigenvalue weighted by Crippen LogP contribution is 2.31. The Kier molecular flexibility index (Phi) is 6.23. The molecule has 0 aromatic rings. The number of carboxylic acid groups (broad SMARTS) is 1. The fraction of sp³-hybridized carbons (Fsp3) is 0.929. The van der Waals surface area contributed by atoms with E-state index in [0.717, 1.165) is 25.8 Å². The summed E-state index contributed by atoms with van der Waals surface area (Å²) in [5.74, 6) is -0.868. The quantitative estimate of drug-likeness (QED) is 0.734. The van der Waals surface area contributed by atoms with E-state index in [9.17, 15) is 9.90 Å². The van der Waals surface area contributed by atoms with E-state index < -0.39 is 11.5 Å². The van der Waals surface area contributed by atoms with Gasteiger partial charge in [0.2, 0.25) is 0 Å². The Hall–Kier alpha value is -0.650. The van der Waals surface area contributed by atoms with Crippen molar-refractivity contribution in [2.24, 2.45) is 5.73 Å². The predicted molar refractivity (Wildman–Crippen MR) is 75.1 cm³/mol. The van der Waals surface area contributed by atoms with Crippen LogP contribution in [0.25, 0.3) is 0 Å². The van der Waals surface area contributed by atoms with Crippen molar-refractivity contribution in [3.05, 3.63) is 0 Å². The standard InChI is InChI=1S/C14H28N2O3/c1-4-11(2)16(8-9-19-3)12-6-5-7-14(15,10-12)13(17)18/h11-12H,4-10,15H2,1-3H3,(H,17,18). The molecule has 5 nitrogen and oxygen atoms in total. The van der Waals surface area contributed by atoms with Gasteiger partial charge >= 0.3 is 5.97 Å². The molecule has 1 rings (SSSR count). The summed E-state index contributed by atoms with van der Waals surface area (Å²) in [4.78, 5) is 13.7. The lowest BCUT2D eigenvalue weighted by atomic mass is 9.78. The minimum Gasteiger partial charge on any atom is -0.480 e. The van der Waals surface area contributed by atoms with Crippen molar-refractivity contribution in [1.82, 2.24) is 4.90 Å². The molecular formula is C14H28N2O3. The van der Waals surface area contributed by atoms with Crippen LogP contribution in [0.5, 0.6) is 0 Å². The molecule has 0 radical (unpaired) electrons. The molecule has 3 unspecified atom stereocenters. The van der Waals surface area contributed by atoms with Crippen LogP contribution in [0.2, 0.25) is 0 Å². The van der Waals surface area contributed by atoms with Crippen LogP contribution >= 0.6 is 0 Å². The van der Waals surface area contributed by atoms with Crippen LogP contribution in [0.15, 0.2) is 0 Å². The number of nitrogens with zero attached hydrogens (tertiary/aromatic N) is 1. The Morgan fingerprint density at radius 3 is 2.84 bits per heavy atom. The molecule has 19 heavy (non-hydrogen) atoms. The monoisotopic (exact) mass is 272 g/mol. The van der Waals surface area contributed by atoms with Crippen molar-refractivity contribution in [2.45, 2.75) is 63.6 Å². The van der Waals surface area contributed by atoms with Gasteiger partial charge in [-0.15, -0.1) is 0 Å². The maximum Gasteiger partial charge on any atom is 0.323 e. The maximum atomic E-state index is 11.3. The van der Waals surface area contributed by atoms with Crippen LogP contribution in [-0.2, 0) is 9.53 Å². The second kappa shape index (κ2) is 7.22. The largest absolute Gasteiger partial charge is 0.480 e. The van der Waals surface area contributed by atoms with Crippen LogP contribution in [-0.4, -0.2) is 53.9 Å².